The minimum Gasteiger partial charge on any atom is -0.461 e. The molecule has 0 aliphatic carbocycles. The highest BCUT2D eigenvalue weighted by Gasteiger charge is 2.58. The largest absolute Gasteiger partial charge is 0.461 e. The number of hydrogen-bond acceptors (Lipinski definition) is 4. The van der Waals surface area contributed by atoms with Crippen molar-refractivity contribution in [1.29, 1.82) is 0 Å². The van der Waals surface area contributed by atoms with Gasteiger partial charge in [-0.05, 0) is 26.0 Å². The van der Waals surface area contributed by atoms with Gasteiger partial charge in [0.2, 0.25) is 0 Å². The number of nitrogens with zero attached hydrogens (tertiary/aromatic N) is 1. The second-order valence-electron chi connectivity index (χ2n) is 3.73. The van der Waals surface area contributed by atoms with Crippen LogP contribution in [-0.2, 0) is 15.1 Å². The maximum Gasteiger partial charge on any atom is 0.380 e. The monoisotopic (exact) mass is 263 g/mol. The SMILES string of the molecule is CCOC(=O)C(F)(F)C(C)(O)c1ccc(F)cn1. The van der Waals surface area contributed by atoms with Crippen molar-refractivity contribution in [2.24, 2.45) is 0 Å². The summed E-state index contributed by atoms with van der Waals surface area (Å²) >= 11 is 0. The number of halogens is 3. The molecule has 0 spiro atoms. The molecule has 0 fully saturated rings. The normalized spacial score (nSPS) is 15.0. The van der Waals surface area contributed by atoms with E-state index in [4.69, 9.17) is 0 Å². The molecule has 1 atom stereocenters. The number of ether oxygens (including phenoxy) is 1. The van der Waals surface area contributed by atoms with Crippen LogP contribution in [0, 0.1) is 5.82 Å². The topological polar surface area (TPSA) is 59.4 Å². The lowest BCUT2D eigenvalue weighted by Gasteiger charge is -2.29. The summed E-state index contributed by atoms with van der Waals surface area (Å²) in [5.41, 5.74) is -3.41. The number of rotatable bonds is 4. The fourth-order valence-corrected chi connectivity index (χ4v) is 1.25. The number of aromatic nitrogens is 1. The van der Waals surface area contributed by atoms with Crippen LogP contribution in [0.15, 0.2) is 18.3 Å². The average molecular weight is 263 g/mol. The zero-order valence-electron chi connectivity index (χ0n) is 9.78. The van der Waals surface area contributed by atoms with Gasteiger partial charge in [-0.25, -0.2) is 9.18 Å². The Morgan fingerprint density at radius 1 is 1.50 bits per heavy atom. The molecule has 0 bridgehead atoms. The molecule has 0 saturated heterocycles. The third kappa shape index (κ3) is 2.45. The van der Waals surface area contributed by atoms with Crippen LogP contribution in [0.4, 0.5) is 13.2 Å². The lowest BCUT2D eigenvalue weighted by Crippen LogP contribution is -2.50. The van der Waals surface area contributed by atoms with Crippen molar-refractivity contribution in [1.82, 2.24) is 4.98 Å². The van der Waals surface area contributed by atoms with Gasteiger partial charge in [-0.15, -0.1) is 0 Å². The van der Waals surface area contributed by atoms with E-state index >= 15 is 0 Å². The van der Waals surface area contributed by atoms with Gasteiger partial charge in [-0.1, -0.05) is 0 Å². The van der Waals surface area contributed by atoms with Crippen molar-refractivity contribution in [3.8, 4) is 0 Å². The van der Waals surface area contributed by atoms with Gasteiger partial charge in [-0.3, -0.25) is 4.98 Å². The first-order valence-corrected chi connectivity index (χ1v) is 5.13. The summed E-state index contributed by atoms with van der Waals surface area (Å²) in [4.78, 5) is 14.5. The smallest absolute Gasteiger partial charge is 0.380 e. The number of esters is 1. The summed E-state index contributed by atoms with van der Waals surface area (Å²) in [5, 5.41) is 9.77. The summed E-state index contributed by atoms with van der Waals surface area (Å²) in [5.74, 6) is -6.79. The second-order valence-corrected chi connectivity index (χ2v) is 3.73. The van der Waals surface area contributed by atoms with Crippen LogP contribution in [0.25, 0.3) is 0 Å². The second kappa shape index (κ2) is 4.93. The predicted molar refractivity (Wildman–Crippen MR) is 55.3 cm³/mol. The predicted octanol–water partition coefficient (Wildman–Crippen LogP) is 1.63. The minimum atomic E-state index is -4.19. The Bertz CT molecular complexity index is 432. The van der Waals surface area contributed by atoms with Crippen LogP contribution in [0.1, 0.15) is 19.5 Å². The van der Waals surface area contributed by atoms with Crippen LogP contribution >= 0.6 is 0 Å². The molecule has 0 saturated carbocycles. The van der Waals surface area contributed by atoms with Gasteiger partial charge in [0, 0.05) is 0 Å². The summed E-state index contributed by atoms with van der Waals surface area (Å²) < 4.78 is 44.2. The van der Waals surface area contributed by atoms with Crippen LogP contribution in [0.3, 0.4) is 0 Å². The van der Waals surface area contributed by atoms with Crippen LogP contribution in [0.2, 0.25) is 0 Å². The van der Waals surface area contributed by atoms with Gasteiger partial charge in [0.1, 0.15) is 5.82 Å². The summed E-state index contributed by atoms with van der Waals surface area (Å²) in [6, 6.07) is 1.74. The third-order valence-electron chi connectivity index (χ3n) is 2.37. The molecule has 1 rings (SSSR count). The van der Waals surface area contributed by atoms with Gasteiger partial charge in [0.25, 0.3) is 0 Å². The molecule has 4 nitrogen and oxygen atoms in total. The number of alkyl halides is 2. The molecule has 0 aliphatic heterocycles. The van der Waals surface area contributed by atoms with Gasteiger partial charge in [0.05, 0.1) is 18.5 Å². The van der Waals surface area contributed by atoms with Crippen molar-refractivity contribution in [3.63, 3.8) is 0 Å². The Labute approximate surface area is 101 Å². The van der Waals surface area contributed by atoms with E-state index in [-0.39, 0.29) is 6.61 Å². The van der Waals surface area contributed by atoms with E-state index in [1.165, 1.54) is 6.92 Å². The van der Waals surface area contributed by atoms with Gasteiger partial charge < -0.3 is 9.84 Å². The fraction of sp³-hybridized carbons (Fsp3) is 0.455. The molecule has 100 valence electrons. The lowest BCUT2D eigenvalue weighted by molar-refractivity contribution is -0.213. The Kier molecular flexibility index (Phi) is 3.95. The van der Waals surface area contributed by atoms with Crippen molar-refractivity contribution in [3.05, 3.63) is 29.8 Å². The summed E-state index contributed by atoms with van der Waals surface area (Å²) in [6.45, 7) is 1.82. The average Bonchev–Trinajstić information content (AvgIpc) is 2.29. The molecule has 0 amide bonds. The number of carbonyl (C=O) groups is 1. The molecule has 0 radical (unpaired) electrons. The van der Waals surface area contributed by atoms with E-state index in [2.05, 4.69) is 9.72 Å². The Balaban J connectivity index is 3.11. The van der Waals surface area contributed by atoms with Crippen molar-refractivity contribution < 1.29 is 27.8 Å². The quantitative estimate of drug-likeness (QED) is 0.839. The molecular weight excluding hydrogens is 251 g/mol. The van der Waals surface area contributed by atoms with E-state index in [9.17, 15) is 23.1 Å². The summed E-state index contributed by atoms with van der Waals surface area (Å²) in [7, 11) is 0. The molecule has 0 aliphatic rings. The zero-order valence-corrected chi connectivity index (χ0v) is 9.78. The molecule has 1 heterocycles. The Morgan fingerprint density at radius 3 is 2.56 bits per heavy atom. The van der Waals surface area contributed by atoms with Gasteiger partial charge in [0.15, 0.2) is 5.60 Å². The fourth-order valence-electron chi connectivity index (χ4n) is 1.25. The number of hydrogen-bond donors (Lipinski definition) is 1. The molecular formula is C11H12F3NO3. The highest BCUT2D eigenvalue weighted by molar-refractivity contribution is 5.79. The molecule has 1 aromatic heterocycles. The number of pyridine rings is 1. The first-order valence-electron chi connectivity index (χ1n) is 5.13. The number of carbonyl (C=O) groups excluding carboxylic acids is 1. The molecule has 18 heavy (non-hydrogen) atoms. The molecule has 1 aromatic rings. The van der Waals surface area contributed by atoms with Crippen molar-refractivity contribution >= 4 is 5.97 Å². The first-order chi connectivity index (χ1) is 8.23. The van der Waals surface area contributed by atoms with Crippen LogP contribution in [-0.4, -0.2) is 28.6 Å². The highest BCUT2D eigenvalue weighted by Crippen LogP contribution is 2.37. The lowest BCUT2D eigenvalue weighted by atomic mass is 9.93. The van der Waals surface area contributed by atoms with E-state index in [1.807, 2.05) is 0 Å². The standard InChI is InChI=1S/C11H12F3NO3/c1-3-18-9(16)11(13,14)10(2,17)8-5-4-7(12)6-15-8/h4-6,17H,3H2,1-2H3. The van der Waals surface area contributed by atoms with E-state index < -0.39 is 29.0 Å². The number of aliphatic hydroxyl groups is 1. The molecule has 1 unspecified atom stereocenters. The maximum absolute atomic E-state index is 13.7. The maximum atomic E-state index is 13.7. The van der Waals surface area contributed by atoms with Crippen molar-refractivity contribution in [2.75, 3.05) is 6.61 Å². The first kappa shape index (κ1) is 14.4. The molecule has 1 N–H and O–H groups in total. The third-order valence-corrected chi connectivity index (χ3v) is 2.37. The van der Waals surface area contributed by atoms with E-state index in [1.54, 1.807) is 0 Å². The summed E-state index contributed by atoms with van der Waals surface area (Å²) in [6.07, 6.45) is 0.672. The van der Waals surface area contributed by atoms with E-state index in [0.29, 0.717) is 13.1 Å². The van der Waals surface area contributed by atoms with E-state index in [0.717, 1.165) is 12.1 Å². The Morgan fingerprint density at radius 2 is 2.11 bits per heavy atom. The molecule has 7 heteroatoms. The minimum absolute atomic E-state index is 0.249. The van der Waals surface area contributed by atoms with Crippen LogP contribution in [0.5, 0.6) is 0 Å². The molecule has 0 aromatic carbocycles. The van der Waals surface area contributed by atoms with Crippen molar-refractivity contribution in [2.45, 2.75) is 25.4 Å². The van der Waals surface area contributed by atoms with Gasteiger partial charge in [-0.2, -0.15) is 8.78 Å². The van der Waals surface area contributed by atoms with Gasteiger partial charge >= 0.3 is 11.9 Å². The zero-order chi connectivity index (χ0) is 14.0. The Hall–Kier alpha value is -1.63. The highest BCUT2D eigenvalue weighted by atomic mass is 19.3. The van der Waals surface area contributed by atoms with Crippen LogP contribution < -0.4 is 0 Å².